The normalized spacial score (nSPS) is 10.2. The van der Waals surface area contributed by atoms with E-state index in [4.69, 9.17) is 9.47 Å². The molecule has 96 valence electrons. The van der Waals surface area contributed by atoms with E-state index in [-0.39, 0.29) is 5.41 Å². The van der Waals surface area contributed by atoms with Crippen LogP contribution < -0.4 is 0 Å². The van der Waals surface area contributed by atoms with Crippen molar-refractivity contribution in [2.75, 3.05) is 27.4 Å². The van der Waals surface area contributed by atoms with E-state index in [1.54, 1.807) is 14.2 Å². The molecular weight excluding hydrogens is 212 g/mol. The first-order valence-electron chi connectivity index (χ1n) is 5.86. The van der Waals surface area contributed by atoms with Gasteiger partial charge in [0.15, 0.2) is 0 Å². The van der Waals surface area contributed by atoms with Crippen molar-refractivity contribution in [3.05, 3.63) is 17.4 Å². The maximum atomic E-state index is 5.31. The van der Waals surface area contributed by atoms with Crippen LogP contribution in [0.1, 0.15) is 33.6 Å². The topological polar surface area (TPSA) is 18.5 Å². The quantitative estimate of drug-likeness (QED) is 0.499. The Bertz CT molecular complexity index is 315. The molecule has 0 aliphatic heterocycles. The second-order valence-electron chi connectivity index (χ2n) is 4.52. The molecule has 0 heterocycles. The van der Waals surface area contributed by atoms with Crippen LogP contribution in [-0.2, 0) is 9.47 Å². The predicted octanol–water partition coefficient (Wildman–Crippen LogP) is 3.19. The zero-order valence-corrected chi connectivity index (χ0v) is 11.7. The van der Waals surface area contributed by atoms with Gasteiger partial charge in [0.1, 0.15) is 0 Å². The fourth-order valence-corrected chi connectivity index (χ4v) is 1.69. The highest BCUT2D eigenvalue weighted by Crippen LogP contribution is 2.27. The molecule has 0 aromatic heterocycles. The molecule has 0 atom stereocenters. The molecule has 2 nitrogen and oxygen atoms in total. The summed E-state index contributed by atoms with van der Waals surface area (Å²) in [6.07, 6.45) is 3.71. The summed E-state index contributed by atoms with van der Waals surface area (Å²) in [6.45, 7) is 7.23. The van der Waals surface area contributed by atoms with Gasteiger partial charge in [0.25, 0.3) is 0 Å². The second-order valence-corrected chi connectivity index (χ2v) is 4.52. The van der Waals surface area contributed by atoms with Gasteiger partial charge in [-0.05, 0) is 38.8 Å². The van der Waals surface area contributed by atoms with Crippen molar-refractivity contribution >= 4 is 0 Å². The van der Waals surface area contributed by atoms with Crippen LogP contribution in [0.3, 0.4) is 0 Å². The molecule has 0 radical (unpaired) electrons. The van der Waals surface area contributed by atoms with Crippen molar-refractivity contribution in [3.8, 4) is 11.8 Å². The van der Waals surface area contributed by atoms with E-state index in [0.29, 0.717) is 13.2 Å². The molecule has 17 heavy (non-hydrogen) atoms. The monoisotopic (exact) mass is 236 g/mol. The summed E-state index contributed by atoms with van der Waals surface area (Å²) in [4.78, 5) is 0. The zero-order valence-electron chi connectivity index (χ0n) is 11.7. The first kappa shape index (κ1) is 16.0. The second kappa shape index (κ2) is 9.07. The lowest BCUT2D eigenvalue weighted by molar-refractivity contribution is 0.0150. The minimum atomic E-state index is -0.0606. The molecule has 2 heteroatoms. The molecule has 0 aromatic carbocycles. The van der Waals surface area contributed by atoms with Crippen LogP contribution in [0, 0.1) is 17.3 Å². The van der Waals surface area contributed by atoms with Gasteiger partial charge in [0.05, 0.1) is 13.2 Å². The molecule has 0 N–H and O–H groups in total. The SMILES string of the molecule is CC#CCC(CC=C=C(C)C)(COC)COC. The van der Waals surface area contributed by atoms with Crippen molar-refractivity contribution in [1.29, 1.82) is 0 Å². The molecule has 0 bridgehead atoms. The van der Waals surface area contributed by atoms with Crippen molar-refractivity contribution < 1.29 is 9.47 Å². The Labute approximate surface area is 106 Å². The molecule has 0 saturated carbocycles. The molecule has 0 fully saturated rings. The van der Waals surface area contributed by atoms with Crippen LogP contribution in [0.25, 0.3) is 0 Å². The molecule has 0 rings (SSSR count). The van der Waals surface area contributed by atoms with Crippen LogP contribution in [0.2, 0.25) is 0 Å². The number of ether oxygens (including phenoxy) is 2. The third-order valence-electron chi connectivity index (χ3n) is 2.47. The van der Waals surface area contributed by atoms with E-state index in [1.165, 1.54) is 5.57 Å². The lowest BCUT2D eigenvalue weighted by Gasteiger charge is -2.29. The fraction of sp³-hybridized carbons (Fsp3) is 0.667. The molecule has 0 aliphatic rings. The van der Waals surface area contributed by atoms with Crippen molar-refractivity contribution in [1.82, 2.24) is 0 Å². The Kier molecular flexibility index (Phi) is 8.54. The Balaban J connectivity index is 4.85. The van der Waals surface area contributed by atoms with Gasteiger partial charge in [-0.1, -0.05) is 0 Å². The number of hydrogen-bond donors (Lipinski definition) is 0. The smallest absolute Gasteiger partial charge is 0.0553 e. The minimum Gasteiger partial charge on any atom is -0.384 e. The van der Waals surface area contributed by atoms with Gasteiger partial charge in [0.2, 0.25) is 0 Å². The van der Waals surface area contributed by atoms with Crippen LogP contribution >= 0.6 is 0 Å². The van der Waals surface area contributed by atoms with Crippen LogP contribution in [0.5, 0.6) is 0 Å². The summed E-state index contributed by atoms with van der Waals surface area (Å²) < 4.78 is 10.6. The number of allylic oxidation sites excluding steroid dienone is 1. The fourth-order valence-electron chi connectivity index (χ4n) is 1.69. The van der Waals surface area contributed by atoms with E-state index in [0.717, 1.165) is 12.8 Å². The average molecular weight is 236 g/mol. The molecule has 0 aromatic rings. The predicted molar refractivity (Wildman–Crippen MR) is 71.8 cm³/mol. The van der Waals surface area contributed by atoms with E-state index in [1.807, 2.05) is 20.8 Å². The summed E-state index contributed by atoms with van der Waals surface area (Å²) in [5.74, 6) is 6.07. The number of methoxy groups -OCH3 is 2. The van der Waals surface area contributed by atoms with E-state index < -0.39 is 0 Å². The maximum absolute atomic E-state index is 5.31. The lowest BCUT2D eigenvalue weighted by atomic mass is 9.82. The lowest BCUT2D eigenvalue weighted by Crippen LogP contribution is -2.31. The largest absolute Gasteiger partial charge is 0.384 e. The highest BCUT2D eigenvalue weighted by atomic mass is 16.5. The summed E-state index contributed by atoms with van der Waals surface area (Å²) >= 11 is 0. The van der Waals surface area contributed by atoms with Crippen molar-refractivity contribution in [2.24, 2.45) is 5.41 Å². The first-order valence-corrected chi connectivity index (χ1v) is 5.86. The first-order chi connectivity index (χ1) is 8.10. The Hall–Kier alpha value is -1.00. The Morgan fingerprint density at radius 2 is 1.76 bits per heavy atom. The number of rotatable bonds is 7. The third kappa shape index (κ3) is 7.02. The van der Waals surface area contributed by atoms with Gasteiger partial charge in [-0.2, -0.15) is 0 Å². The van der Waals surface area contributed by atoms with E-state index in [9.17, 15) is 0 Å². The molecule has 0 amide bonds. The summed E-state index contributed by atoms with van der Waals surface area (Å²) in [7, 11) is 3.43. The van der Waals surface area contributed by atoms with Crippen LogP contribution in [0.15, 0.2) is 17.4 Å². The number of hydrogen-bond acceptors (Lipinski definition) is 2. The van der Waals surface area contributed by atoms with Crippen LogP contribution in [0.4, 0.5) is 0 Å². The minimum absolute atomic E-state index is 0.0606. The zero-order chi connectivity index (χ0) is 13.1. The third-order valence-corrected chi connectivity index (χ3v) is 2.47. The average Bonchev–Trinajstić information content (AvgIpc) is 2.26. The van der Waals surface area contributed by atoms with E-state index in [2.05, 4.69) is 23.6 Å². The van der Waals surface area contributed by atoms with E-state index >= 15 is 0 Å². The van der Waals surface area contributed by atoms with Crippen LogP contribution in [-0.4, -0.2) is 27.4 Å². The van der Waals surface area contributed by atoms with Crippen molar-refractivity contribution in [3.63, 3.8) is 0 Å². The Morgan fingerprint density at radius 3 is 2.18 bits per heavy atom. The van der Waals surface area contributed by atoms with Crippen molar-refractivity contribution in [2.45, 2.75) is 33.6 Å². The molecular formula is C15H24O2. The summed E-state index contributed by atoms with van der Waals surface area (Å²) in [5.41, 5.74) is 4.34. The molecule has 0 saturated heterocycles. The van der Waals surface area contributed by atoms with Gasteiger partial charge in [-0.25, -0.2) is 0 Å². The highest BCUT2D eigenvalue weighted by Gasteiger charge is 2.28. The van der Waals surface area contributed by atoms with Gasteiger partial charge in [-0.3, -0.25) is 0 Å². The summed E-state index contributed by atoms with van der Waals surface area (Å²) in [6, 6.07) is 0. The van der Waals surface area contributed by atoms with Gasteiger partial charge >= 0.3 is 0 Å². The molecule has 0 unspecified atom stereocenters. The van der Waals surface area contributed by atoms with Gasteiger partial charge in [-0.15, -0.1) is 17.6 Å². The molecule has 0 spiro atoms. The maximum Gasteiger partial charge on any atom is 0.0553 e. The van der Waals surface area contributed by atoms with Gasteiger partial charge < -0.3 is 9.47 Å². The summed E-state index contributed by atoms with van der Waals surface area (Å²) in [5, 5.41) is 0. The Morgan fingerprint density at radius 1 is 1.18 bits per heavy atom. The highest BCUT2D eigenvalue weighted by molar-refractivity contribution is 5.04. The molecule has 0 aliphatic carbocycles. The van der Waals surface area contributed by atoms with Gasteiger partial charge in [0, 0.05) is 26.1 Å². The standard InChI is InChI=1S/C15H24O2/c1-6-7-10-15(12-16-4,13-17-5)11-8-9-14(2)3/h8H,10-13H2,1-5H3.